The molecule has 0 amide bonds. The summed E-state index contributed by atoms with van der Waals surface area (Å²) in [5.41, 5.74) is 3.81. The highest BCUT2D eigenvalue weighted by Gasteiger charge is 2.15. The Morgan fingerprint density at radius 1 is 0.971 bits per heavy atom. The Morgan fingerprint density at radius 2 is 1.69 bits per heavy atom. The molecule has 5 rings (SSSR count). The molecule has 35 heavy (non-hydrogen) atoms. The van der Waals surface area contributed by atoms with Gasteiger partial charge in [0.05, 0.1) is 11.2 Å². The third-order valence-corrected chi connectivity index (χ3v) is 6.93. The lowest BCUT2D eigenvalue weighted by Crippen LogP contribution is -2.12. The molecular formula is C25H20ClN5O3S. The van der Waals surface area contributed by atoms with E-state index in [0.717, 1.165) is 16.7 Å². The first-order valence-corrected chi connectivity index (χ1v) is 12.5. The zero-order chi connectivity index (χ0) is 24.4. The lowest BCUT2D eigenvalue weighted by atomic mass is 10.2. The van der Waals surface area contributed by atoms with Crippen molar-refractivity contribution in [1.29, 1.82) is 0 Å². The quantitative estimate of drug-likeness (QED) is 0.317. The molecule has 0 radical (unpaired) electrons. The van der Waals surface area contributed by atoms with E-state index in [0.29, 0.717) is 34.7 Å². The van der Waals surface area contributed by atoms with Gasteiger partial charge in [0, 0.05) is 29.0 Å². The molecule has 1 N–H and O–H groups in total. The maximum absolute atomic E-state index is 12.6. The van der Waals surface area contributed by atoms with Crippen molar-refractivity contribution in [3.8, 4) is 23.0 Å². The van der Waals surface area contributed by atoms with Crippen LogP contribution in [0, 0.1) is 6.92 Å². The van der Waals surface area contributed by atoms with E-state index < -0.39 is 10.0 Å². The fraction of sp³-hybridized carbons (Fsp3) is 0.0800. The van der Waals surface area contributed by atoms with Crippen LogP contribution in [0.3, 0.4) is 0 Å². The normalized spacial score (nSPS) is 11.5. The van der Waals surface area contributed by atoms with Crippen molar-refractivity contribution < 1.29 is 12.9 Å². The zero-order valence-corrected chi connectivity index (χ0v) is 20.2. The fourth-order valence-electron chi connectivity index (χ4n) is 3.42. The van der Waals surface area contributed by atoms with Gasteiger partial charge in [0.15, 0.2) is 0 Å². The predicted molar refractivity (Wildman–Crippen MR) is 133 cm³/mol. The van der Waals surface area contributed by atoms with E-state index in [9.17, 15) is 8.42 Å². The van der Waals surface area contributed by atoms with Gasteiger partial charge in [0.25, 0.3) is 15.9 Å². The molecule has 0 aliphatic rings. The molecule has 0 bridgehead atoms. The maximum atomic E-state index is 12.6. The fourth-order valence-corrected chi connectivity index (χ4v) is 4.61. The summed E-state index contributed by atoms with van der Waals surface area (Å²) in [6.45, 7) is 2.45. The molecule has 5 aromatic rings. The molecule has 0 spiro atoms. The minimum absolute atomic E-state index is 0.221. The number of aromatic nitrogens is 4. The Labute approximate surface area is 207 Å². The number of imidazole rings is 1. The van der Waals surface area contributed by atoms with Crippen molar-refractivity contribution in [2.45, 2.75) is 18.4 Å². The van der Waals surface area contributed by atoms with Crippen LogP contribution in [-0.2, 0) is 16.6 Å². The number of hydrogen-bond donors (Lipinski definition) is 1. The van der Waals surface area contributed by atoms with Crippen LogP contribution in [0.25, 0.3) is 23.0 Å². The average Bonchev–Trinajstić information content (AvgIpc) is 3.51. The van der Waals surface area contributed by atoms with Crippen LogP contribution in [-0.4, -0.2) is 28.1 Å². The first-order valence-electron chi connectivity index (χ1n) is 10.7. The van der Waals surface area contributed by atoms with Gasteiger partial charge in [-0.2, -0.15) is 4.98 Å². The van der Waals surface area contributed by atoms with E-state index in [1.165, 1.54) is 0 Å². The van der Waals surface area contributed by atoms with Crippen molar-refractivity contribution in [1.82, 2.24) is 19.7 Å². The first kappa shape index (κ1) is 22.8. The Morgan fingerprint density at radius 3 is 2.40 bits per heavy atom. The van der Waals surface area contributed by atoms with Gasteiger partial charge in [-0.1, -0.05) is 46.6 Å². The summed E-state index contributed by atoms with van der Waals surface area (Å²) in [6, 6.07) is 21.1. The van der Waals surface area contributed by atoms with Crippen molar-refractivity contribution in [3.63, 3.8) is 0 Å². The Hall–Kier alpha value is -3.95. The average molecular weight is 506 g/mol. The highest BCUT2D eigenvalue weighted by Crippen LogP contribution is 2.23. The number of aryl methyl sites for hydroxylation is 1. The number of rotatable bonds is 7. The molecule has 0 unspecified atom stereocenters. The molecule has 0 saturated carbocycles. The SMILES string of the molecule is Cc1ccc(S(=O)(=O)Nc2ccc(Cn3cnc(-c4nc(-c5ccc(Cl)cc5)no4)c3)cc2)cc1. The van der Waals surface area contributed by atoms with Crippen molar-refractivity contribution in [2.24, 2.45) is 0 Å². The molecule has 0 fully saturated rings. The van der Waals surface area contributed by atoms with Crippen LogP contribution in [0.5, 0.6) is 0 Å². The number of nitrogens with zero attached hydrogens (tertiary/aromatic N) is 4. The molecule has 176 valence electrons. The molecule has 3 aromatic carbocycles. The van der Waals surface area contributed by atoms with Gasteiger partial charge in [0.2, 0.25) is 5.82 Å². The van der Waals surface area contributed by atoms with E-state index in [-0.39, 0.29) is 4.90 Å². The van der Waals surface area contributed by atoms with Gasteiger partial charge in [-0.25, -0.2) is 13.4 Å². The second kappa shape index (κ2) is 9.36. The van der Waals surface area contributed by atoms with Gasteiger partial charge in [-0.15, -0.1) is 0 Å². The lowest BCUT2D eigenvalue weighted by molar-refractivity contribution is 0.431. The second-order valence-electron chi connectivity index (χ2n) is 7.98. The highest BCUT2D eigenvalue weighted by molar-refractivity contribution is 7.92. The topological polar surface area (TPSA) is 103 Å². The van der Waals surface area contributed by atoms with Crippen LogP contribution in [0.15, 0.2) is 94.7 Å². The summed E-state index contributed by atoms with van der Waals surface area (Å²) in [7, 11) is -3.64. The molecule has 0 atom stereocenters. The van der Waals surface area contributed by atoms with Gasteiger partial charge >= 0.3 is 0 Å². The molecule has 8 nitrogen and oxygen atoms in total. The summed E-state index contributed by atoms with van der Waals surface area (Å²) in [4.78, 5) is 9.00. The number of nitrogens with one attached hydrogen (secondary N) is 1. The van der Waals surface area contributed by atoms with Crippen molar-refractivity contribution >= 4 is 27.3 Å². The molecule has 0 aliphatic heterocycles. The van der Waals surface area contributed by atoms with Crippen LogP contribution in [0.1, 0.15) is 11.1 Å². The number of sulfonamides is 1. The van der Waals surface area contributed by atoms with E-state index >= 15 is 0 Å². The summed E-state index contributed by atoms with van der Waals surface area (Å²) < 4.78 is 35.0. The van der Waals surface area contributed by atoms with E-state index in [4.69, 9.17) is 16.1 Å². The second-order valence-corrected chi connectivity index (χ2v) is 10.1. The predicted octanol–water partition coefficient (Wildman–Crippen LogP) is 5.41. The molecule has 10 heteroatoms. The smallest absolute Gasteiger partial charge is 0.278 e. The van der Waals surface area contributed by atoms with E-state index in [1.54, 1.807) is 54.9 Å². The van der Waals surface area contributed by atoms with Crippen LogP contribution in [0.2, 0.25) is 5.02 Å². The molecule has 2 aromatic heterocycles. The molecule has 0 saturated heterocycles. The van der Waals surface area contributed by atoms with Gasteiger partial charge in [-0.05, 0) is 61.0 Å². The number of halogens is 1. The molecule has 0 aliphatic carbocycles. The first-order chi connectivity index (χ1) is 16.9. The number of hydrogen-bond acceptors (Lipinski definition) is 6. The van der Waals surface area contributed by atoms with Gasteiger partial charge < -0.3 is 9.09 Å². The monoisotopic (exact) mass is 505 g/mol. The Balaban J connectivity index is 1.25. The van der Waals surface area contributed by atoms with Crippen LogP contribution in [0.4, 0.5) is 5.69 Å². The minimum atomic E-state index is -3.64. The Kier molecular flexibility index (Phi) is 6.10. The van der Waals surface area contributed by atoms with Crippen molar-refractivity contribution in [2.75, 3.05) is 4.72 Å². The standard InChI is InChI=1S/C25H20ClN5O3S/c1-17-2-12-22(13-3-17)35(32,33)30-21-10-4-18(5-11-21)14-31-15-23(27-16-31)25-28-24(29-34-25)19-6-8-20(26)9-7-19/h2-13,15-16,30H,14H2,1H3. The van der Waals surface area contributed by atoms with Gasteiger partial charge in [-0.3, -0.25) is 4.72 Å². The summed E-state index contributed by atoms with van der Waals surface area (Å²) in [5, 5.41) is 4.65. The number of anilines is 1. The van der Waals surface area contributed by atoms with E-state index in [1.807, 2.05) is 42.0 Å². The molecular weight excluding hydrogens is 486 g/mol. The highest BCUT2D eigenvalue weighted by atomic mass is 35.5. The summed E-state index contributed by atoms with van der Waals surface area (Å²) in [5.74, 6) is 0.768. The molecule has 2 heterocycles. The minimum Gasteiger partial charge on any atom is -0.332 e. The van der Waals surface area contributed by atoms with Crippen LogP contribution >= 0.6 is 11.6 Å². The third kappa shape index (κ3) is 5.26. The zero-order valence-electron chi connectivity index (χ0n) is 18.6. The Bertz CT molecular complexity index is 1560. The van der Waals surface area contributed by atoms with Gasteiger partial charge in [0.1, 0.15) is 5.69 Å². The largest absolute Gasteiger partial charge is 0.332 e. The lowest BCUT2D eigenvalue weighted by Gasteiger charge is -2.09. The van der Waals surface area contributed by atoms with E-state index in [2.05, 4.69) is 19.8 Å². The maximum Gasteiger partial charge on any atom is 0.278 e. The van der Waals surface area contributed by atoms with Crippen molar-refractivity contribution in [3.05, 3.63) is 101 Å². The van der Waals surface area contributed by atoms with Crippen LogP contribution < -0.4 is 4.72 Å². The summed E-state index contributed by atoms with van der Waals surface area (Å²) >= 11 is 5.93. The summed E-state index contributed by atoms with van der Waals surface area (Å²) in [6.07, 6.45) is 3.49. The number of benzene rings is 3. The third-order valence-electron chi connectivity index (χ3n) is 5.28.